The Hall–Kier alpha value is -9.33. The standard InChI is InChI=1S/C65H88N14O11/c1-38(2)33-51(76-59(84)47(68)27-11-13-31-66)62(87)77-52(34-40-17-5-4-6-18-40)63(88)79-54(37-56(70)81)65(90)78-53(36-44-24-16-22-42-20-8-10-26-46(42)44)64(89)74-49(29-30-55(69)80)60(85)72-39(3)58(83)73-48(28-12-14-32-67)61(86)75-50(57(71)82)35-43-23-15-21-41-19-7-9-25-45(41)43/h4-10,15-26,38-39,47-54H,11-14,27-37,66-68H2,1-3H3,(H2,69,80)(H2,70,81)(H2,71,82)(H,72,85)(H,73,83)(H,74,89)(H,75,86)(H,76,84)(H,77,87)(H,78,90)(H,79,88)/t39-,47+,48+,49-,50+,51+,52-,53-,54-/m0/s1. The highest BCUT2D eigenvalue weighted by Crippen LogP contribution is 2.22. The van der Waals surface area contributed by atoms with E-state index < -0.39 is 139 Å². The zero-order chi connectivity index (χ0) is 65.9. The number of rotatable bonds is 38. The second-order valence-corrected chi connectivity index (χ2v) is 22.9. The number of carbonyl (C=O) groups excluding carboxylic acids is 11. The van der Waals surface area contributed by atoms with Gasteiger partial charge in [-0.2, -0.15) is 0 Å². The van der Waals surface area contributed by atoms with Crippen LogP contribution in [0.25, 0.3) is 21.5 Å². The van der Waals surface area contributed by atoms with Gasteiger partial charge in [-0.25, -0.2) is 0 Å². The van der Waals surface area contributed by atoms with Gasteiger partial charge in [0.15, 0.2) is 0 Å². The summed E-state index contributed by atoms with van der Waals surface area (Å²) < 4.78 is 0. The van der Waals surface area contributed by atoms with Crippen molar-refractivity contribution in [3.63, 3.8) is 0 Å². The Morgan fingerprint density at radius 3 is 1.36 bits per heavy atom. The number of fused-ring (bicyclic) bond motifs is 2. The van der Waals surface area contributed by atoms with Crippen LogP contribution in [-0.4, -0.2) is 132 Å². The van der Waals surface area contributed by atoms with Gasteiger partial charge in [-0.15, -0.1) is 0 Å². The molecular weight excluding hydrogens is 1150 g/mol. The van der Waals surface area contributed by atoms with Crippen LogP contribution in [-0.2, 0) is 72.0 Å². The van der Waals surface area contributed by atoms with Crippen LogP contribution in [0.2, 0.25) is 0 Å². The molecule has 9 atom stereocenters. The maximum atomic E-state index is 14.8. The van der Waals surface area contributed by atoms with Crippen molar-refractivity contribution in [2.24, 2.45) is 40.3 Å². The molecule has 20 N–H and O–H groups in total. The van der Waals surface area contributed by atoms with Crippen molar-refractivity contribution >= 4 is 86.5 Å². The molecule has 0 spiro atoms. The summed E-state index contributed by atoms with van der Waals surface area (Å²) in [7, 11) is 0. The number of amides is 11. The topological polar surface area (TPSA) is 440 Å². The van der Waals surface area contributed by atoms with Crippen LogP contribution in [0.4, 0.5) is 0 Å². The van der Waals surface area contributed by atoms with Gasteiger partial charge in [-0.1, -0.05) is 136 Å². The molecular formula is C65H88N14O11. The Kier molecular flexibility index (Phi) is 28.7. The van der Waals surface area contributed by atoms with Gasteiger partial charge in [0.1, 0.15) is 48.3 Å². The highest BCUT2D eigenvalue weighted by atomic mass is 16.2. The highest BCUT2D eigenvalue weighted by molar-refractivity contribution is 6.00. The lowest BCUT2D eigenvalue weighted by Crippen LogP contribution is -2.61. The number of carbonyl (C=O) groups is 11. The summed E-state index contributed by atoms with van der Waals surface area (Å²) in [5.41, 5.74) is 36.5. The second-order valence-electron chi connectivity index (χ2n) is 22.9. The predicted octanol–water partition coefficient (Wildman–Crippen LogP) is 0.177. The van der Waals surface area contributed by atoms with Crippen LogP contribution in [0, 0.1) is 5.92 Å². The summed E-state index contributed by atoms with van der Waals surface area (Å²) in [5.74, 6) is -9.67. The molecule has 5 aromatic rings. The van der Waals surface area contributed by atoms with Gasteiger partial charge >= 0.3 is 0 Å². The molecule has 0 saturated carbocycles. The van der Waals surface area contributed by atoms with Crippen LogP contribution in [0.5, 0.6) is 0 Å². The maximum absolute atomic E-state index is 14.8. The molecule has 0 bridgehead atoms. The zero-order valence-corrected chi connectivity index (χ0v) is 51.3. The zero-order valence-electron chi connectivity index (χ0n) is 51.3. The number of hydrogen-bond acceptors (Lipinski definition) is 14. The van der Waals surface area contributed by atoms with E-state index in [4.69, 9.17) is 34.4 Å². The molecule has 0 aromatic heterocycles. The fourth-order valence-electron chi connectivity index (χ4n) is 10.3. The van der Waals surface area contributed by atoms with E-state index in [1.165, 1.54) is 6.92 Å². The molecule has 484 valence electrons. The Labute approximate surface area is 523 Å². The Morgan fingerprint density at radius 2 is 0.811 bits per heavy atom. The van der Waals surface area contributed by atoms with Crippen LogP contribution < -0.4 is 76.9 Å². The molecule has 5 aromatic carbocycles. The van der Waals surface area contributed by atoms with E-state index in [1.54, 1.807) is 60.7 Å². The molecule has 25 heteroatoms. The van der Waals surface area contributed by atoms with E-state index in [1.807, 2.05) is 68.4 Å². The fraction of sp³-hybridized carbons (Fsp3) is 0.431. The summed E-state index contributed by atoms with van der Waals surface area (Å²) in [6.07, 6.45) is 0.672. The van der Waals surface area contributed by atoms with E-state index >= 15 is 0 Å². The minimum absolute atomic E-state index is 0.0430. The fourth-order valence-corrected chi connectivity index (χ4v) is 10.3. The van der Waals surface area contributed by atoms with Crippen molar-refractivity contribution in [1.82, 2.24) is 42.5 Å². The van der Waals surface area contributed by atoms with Gasteiger partial charge < -0.3 is 76.9 Å². The Morgan fingerprint density at radius 1 is 0.389 bits per heavy atom. The average molecular weight is 1240 g/mol. The minimum atomic E-state index is -1.77. The van der Waals surface area contributed by atoms with Gasteiger partial charge in [0.25, 0.3) is 0 Å². The number of nitrogens with one attached hydrogen (secondary N) is 8. The van der Waals surface area contributed by atoms with Gasteiger partial charge in [-0.3, -0.25) is 52.7 Å². The van der Waals surface area contributed by atoms with Crippen molar-refractivity contribution in [3.05, 3.63) is 132 Å². The molecule has 0 radical (unpaired) electrons. The molecule has 25 nitrogen and oxygen atoms in total. The smallest absolute Gasteiger partial charge is 0.243 e. The monoisotopic (exact) mass is 1240 g/mol. The first-order chi connectivity index (χ1) is 43.0. The van der Waals surface area contributed by atoms with Crippen LogP contribution in [0.3, 0.4) is 0 Å². The lowest BCUT2D eigenvalue weighted by atomic mass is 9.97. The lowest BCUT2D eigenvalue weighted by molar-refractivity contribution is -0.136. The highest BCUT2D eigenvalue weighted by Gasteiger charge is 2.36. The first-order valence-electron chi connectivity index (χ1n) is 30.4. The third-order valence-electron chi connectivity index (χ3n) is 15.1. The number of nitrogens with two attached hydrogens (primary N) is 6. The molecule has 5 rings (SSSR count). The minimum Gasteiger partial charge on any atom is -0.370 e. The van der Waals surface area contributed by atoms with E-state index in [9.17, 15) is 52.7 Å². The lowest BCUT2D eigenvalue weighted by Gasteiger charge is -2.28. The summed E-state index contributed by atoms with van der Waals surface area (Å²) in [6, 6.07) is 21.8. The summed E-state index contributed by atoms with van der Waals surface area (Å²) >= 11 is 0. The van der Waals surface area contributed by atoms with Gasteiger partial charge in [0, 0.05) is 25.7 Å². The first-order valence-corrected chi connectivity index (χ1v) is 30.4. The SMILES string of the molecule is CC(C)C[C@@H](NC(=O)[C@H](N)CCCCN)C(=O)N[C@@H](Cc1ccccc1)C(=O)N[C@@H](CC(N)=O)C(=O)N[C@@H](Cc1cccc2ccccc12)C(=O)N[C@@H](CCC(N)=O)C(=O)N[C@@H](C)C(=O)N[C@H](CCCCN)C(=O)N[C@H](Cc1cccc2ccccc12)C(N)=O. The quantitative estimate of drug-likeness (QED) is 0.0235. The molecule has 0 saturated heterocycles. The molecule has 11 amide bonds. The van der Waals surface area contributed by atoms with E-state index in [0.29, 0.717) is 55.2 Å². The van der Waals surface area contributed by atoms with E-state index in [2.05, 4.69) is 42.5 Å². The van der Waals surface area contributed by atoms with Crippen molar-refractivity contribution in [3.8, 4) is 0 Å². The van der Waals surface area contributed by atoms with E-state index in [0.717, 1.165) is 21.7 Å². The van der Waals surface area contributed by atoms with Crippen LogP contribution in [0.15, 0.2) is 115 Å². The third kappa shape index (κ3) is 23.0. The molecule has 0 aliphatic rings. The van der Waals surface area contributed by atoms with Crippen molar-refractivity contribution < 1.29 is 52.7 Å². The third-order valence-corrected chi connectivity index (χ3v) is 15.1. The largest absolute Gasteiger partial charge is 0.370 e. The normalized spacial score (nSPS) is 14.2. The van der Waals surface area contributed by atoms with Crippen molar-refractivity contribution in [1.29, 1.82) is 0 Å². The molecule has 0 aliphatic carbocycles. The number of primary amides is 3. The van der Waals surface area contributed by atoms with Crippen molar-refractivity contribution in [2.45, 2.75) is 159 Å². The summed E-state index contributed by atoms with van der Waals surface area (Å²) in [4.78, 5) is 152. The molecule has 0 unspecified atom stereocenters. The second kappa shape index (κ2) is 36.2. The molecule has 0 fully saturated rings. The van der Waals surface area contributed by atoms with Gasteiger partial charge in [0.2, 0.25) is 65.0 Å². The van der Waals surface area contributed by atoms with Crippen LogP contribution in [0.1, 0.15) is 102 Å². The Balaban J connectivity index is 1.39. The predicted molar refractivity (Wildman–Crippen MR) is 341 cm³/mol. The molecule has 0 aliphatic heterocycles. The Bertz CT molecular complexity index is 3280. The van der Waals surface area contributed by atoms with Crippen molar-refractivity contribution in [2.75, 3.05) is 13.1 Å². The maximum Gasteiger partial charge on any atom is 0.243 e. The van der Waals surface area contributed by atoms with E-state index in [-0.39, 0.29) is 44.6 Å². The summed E-state index contributed by atoms with van der Waals surface area (Å²) in [6.45, 7) is 5.69. The van der Waals surface area contributed by atoms with Gasteiger partial charge in [0.05, 0.1) is 12.5 Å². The molecule has 90 heavy (non-hydrogen) atoms. The molecule has 0 heterocycles. The number of hydrogen-bond donors (Lipinski definition) is 14. The van der Waals surface area contributed by atoms with Gasteiger partial charge in [-0.05, 0) is 109 Å². The first kappa shape index (κ1) is 71.4. The average Bonchev–Trinajstić information content (AvgIpc) is 1.66. The summed E-state index contributed by atoms with van der Waals surface area (Å²) in [5, 5.41) is 24.3. The van der Waals surface area contributed by atoms with Crippen LogP contribution >= 0.6 is 0 Å². The number of benzene rings is 5. The number of unbranched alkanes of at least 4 members (excludes halogenated alkanes) is 2.